The molecule has 2 aromatic heterocycles. The first-order valence-corrected chi connectivity index (χ1v) is 9.30. The number of rotatable bonds is 6. The van der Waals surface area contributed by atoms with Crippen molar-refractivity contribution in [2.45, 2.75) is 25.3 Å². The van der Waals surface area contributed by atoms with Crippen molar-refractivity contribution < 1.29 is 9.59 Å². The third-order valence-corrected chi connectivity index (χ3v) is 4.74. The minimum atomic E-state index is -0.310. The lowest BCUT2D eigenvalue weighted by atomic mass is 10.1. The lowest BCUT2D eigenvalue weighted by molar-refractivity contribution is 0.0943. The molecular formula is C20H19ClN4O2. The normalized spacial score (nSPS) is 13.5. The van der Waals surface area contributed by atoms with Gasteiger partial charge in [0.2, 0.25) is 5.82 Å². The summed E-state index contributed by atoms with van der Waals surface area (Å²) in [6, 6.07) is 13.2. The summed E-state index contributed by atoms with van der Waals surface area (Å²) < 4.78 is 1.65. The highest BCUT2D eigenvalue weighted by Gasteiger charge is 2.27. The zero-order chi connectivity index (χ0) is 18.8. The van der Waals surface area contributed by atoms with Crippen molar-refractivity contribution >= 4 is 28.9 Å². The fourth-order valence-corrected chi connectivity index (χ4v) is 3.02. The standard InChI is InChI=1S/C20H19ClN4O2/c21-14-6-4-13(5-7-14)10-11-22-20(27)18-24-17(19(26)23-15-8-9-15)16-3-1-2-12-25(16)18/h1-7,12,15H,8-11H2,(H,22,27)(H,23,26). The summed E-state index contributed by atoms with van der Waals surface area (Å²) >= 11 is 5.88. The van der Waals surface area contributed by atoms with Gasteiger partial charge in [-0.25, -0.2) is 4.98 Å². The van der Waals surface area contributed by atoms with Gasteiger partial charge in [-0.05, 0) is 49.1 Å². The number of benzene rings is 1. The highest BCUT2D eigenvalue weighted by Crippen LogP contribution is 2.20. The van der Waals surface area contributed by atoms with E-state index >= 15 is 0 Å². The molecule has 0 saturated heterocycles. The predicted molar refractivity (Wildman–Crippen MR) is 103 cm³/mol. The number of hydrogen-bond donors (Lipinski definition) is 2. The van der Waals surface area contributed by atoms with Gasteiger partial charge < -0.3 is 10.6 Å². The smallest absolute Gasteiger partial charge is 0.287 e. The topological polar surface area (TPSA) is 75.5 Å². The number of nitrogens with zero attached hydrogens (tertiary/aromatic N) is 2. The first kappa shape index (κ1) is 17.5. The molecule has 0 bridgehead atoms. The van der Waals surface area contributed by atoms with Gasteiger partial charge in [0.25, 0.3) is 11.8 Å². The number of imidazole rings is 1. The van der Waals surface area contributed by atoms with Crippen LogP contribution in [0.25, 0.3) is 5.52 Å². The lowest BCUT2D eigenvalue weighted by Crippen LogP contribution is -2.28. The highest BCUT2D eigenvalue weighted by atomic mass is 35.5. The molecular weight excluding hydrogens is 364 g/mol. The second-order valence-corrected chi connectivity index (χ2v) is 7.06. The molecule has 1 aliphatic rings. The number of halogens is 1. The molecule has 2 N–H and O–H groups in total. The molecule has 2 heterocycles. The average molecular weight is 383 g/mol. The van der Waals surface area contributed by atoms with E-state index in [4.69, 9.17) is 11.6 Å². The van der Waals surface area contributed by atoms with Crippen LogP contribution in [-0.2, 0) is 6.42 Å². The molecule has 0 unspecified atom stereocenters. The number of fused-ring (bicyclic) bond motifs is 1. The second kappa shape index (κ2) is 7.40. The SMILES string of the molecule is O=C(NC1CC1)c1nc(C(=O)NCCc2ccc(Cl)cc2)n2ccccc12. The van der Waals surface area contributed by atoms with Crippen LogP contribution < -0.4 is 10.6 Å². The van der Waals surface area contributed by atoms with Crippen LogP contribution >= 0.6 is 11.6 Å². The van der Waals surface area contributed by atoms with Crippen LogP contribution in [0.5, 0.6) is 0 Å². The minimum absolute atomic E-state index is 0.211. The van der Waals surface area contributed by atoms with Crippen molar-refractivity contribution in [1.82, 2.24) is 20.0 Å². The van der Waals surface area contributed by atoms with Crippen molar-refractivity contribution in [3.63, 3.8) is 0 Å². The van der Waals surface area contributed by atoms with Crippen molar-refractivity contribution in [3.8, 4) is 0 Å². The van der Waals surface area contributed by atoms with Gasteiger partial charge in [0.15, 0.2) is 5.69 Å². The van der Waals surface area contributed by atoms with Gasteiger partial charge in [-0.3, -0.25) is 14.0 Å². The lowest BCUT2D eigenvalue weighted by Gasteiger charge is -2.05. The van der Waals surface area contributed by atoms with Gasteiger partial charge in [-0.15, -0.1) is 0 Å². The van der Waals surface area contributed by atoms with Crippen LogP contribution in [0.4, 0.5) is 0 Å². The molecule has 6 nitrogen and oxygen atoms in total. The molecule has 1 fully saturated rings. The zero-order valence-corrected chi connectivity index (χ0v) is 15.4. The Labute approximate surface area is 161 Å². The summed E-state index contributed by atoms with van der Waals surface area (Å²) in [7, 11) is 0. The predicted octanol–water partition coefficient (Wildman–Crippen LogP) is 2.85. The number of pyridine rings is 1. The van der Waals surface area contributed by atoms with E-state index < -0.39 is 0 Å². The third-order valence-electron chi connectivity index (χ3n) is 4.49. The van der Waals surface area contributed by atoms with Gasteiger partial charge >= 0.3 is 0 Å². The number of carbonyl (C=O) groups is 2. The number of aromatic nitrogens is 2. The Morgan fingerprint density at radius 3 is 2.63 bits per heavy atom. The number of nitrogens with one attached hydrogen (secondary N) is 2. The Morgan fingerprint density at radius 1 is 1.11 bits per heavy atom. The largest absolute Gasteiger partial charge is 0.349 e. The molecule has 1 aliphatic carbocycles. The molecule has 0 spiro atoms. The van der Waals surface area contributed by atoms with Gasteiger partial charge in [0.1, 0.15) is 0 Å². The Kier molecular flexibility index (Phi) is 4.81. The van der Waals surface area contributed by atoms with E-state index in [1.807, 2.05) is 36.4 Å². The molecule has 7 heteroatoms. The molecule has 3 aromatic rings. The summed E-state index contributed by atoms with van der Waals surface area (Å²) in [6.45, 7) is 0.464. The first-order valence-electron chi connectivity index (χ1n) is 8.92. The van der Waals surface area contributed by atoms with Crippen LogP contribution in [0.3, 0.4) is 0 Å². The summed E-state index contributed by atoms with van der Waals surface area (Å²) in [4.78, 5) is 29.4. The van der Waals surface area contributed by atoms with Crippen molar-refractivity contribution in [1.29, 1.82) is 0 Å². The van der Waals surface area contributed by atoms with Crippen molar-refractivity contribution in [2.75, 3.05) is 6.54 Å². The number of amides is 2. The average Bonchev–Trinajstić information content (AvgIpc) is 3.40. The van der Waals surface area contributed by atoms with Crippen LogP contribution in [0, 0.1) is 0 Å². The molecule has 1 saturated carbocycles. The molecule has 0 radical (unpaired) electrons. The van der Waals surface area contributed by atoms with E-state index in [1.54, 1.807) is 16.7 Å². The van der Waals surface area contributed by atoms with Crippen molar-refractivity contribution in [3.05, 3.63) is 70.8 Å². The minimum Gasteiger partial charge on any atom is -0.349 e. The number of hydrogen-bond acceptors (Lipinski definition) is 3. The van der Waals surface area contributed by atoms with E-state index in [2.05, 4.69) is 15.6 Å². The molecule has 1 aromatic carbocycles. The fraction of sp³-hybridized carbons (Fsp3) is 0.250. The Hall–Kier alpha value is -2.86. The van der Waals surface area contributed by atoms with Gasteiger partial charge in [0.05, 0.1) is 5.52 Å². The Balaban J connectivity index is 1.49. The Morgan fingerprint density at radius 2 is 1.89 bits per heavy atom. The van der Waals surface area contributed by atoms with Gasteiger partial charge in [0, 0.05) is 23.8 Å². The van der Waals surface area contributed by atoms with Crippen LogP contribution in [0.2, 0.25) is 5.02 Å². The summed E-state index contributed by atoms with van der Waals surface area (Å²) in [5, 5.41) is 6.48. The maximum absolute atomic E-state index is 12.6. The maximum Gasteiger partial charge on any atom is 0.287 e. The van der Waals surface area contributed by atoms with Crippen LogP contribution in [-0.4, -0.2) is 33.8 Å². The van der Waals surface area contributed by atoms with E-state index in [1.165, 1.54) is 0 Å². The zero-order valence-electron chi connectivity index (χ0n) is 14.6. The van der Waals surface area contributed by atoms with E-state index in [0.717, 1.165) is 18.4 Å². The van der Waals surface area contributed by atoms with Crippen LogP contribution in [0.1, 0.15) is 39.5 Å². The van der Waals surface area contributed by atoms with E-state index in [0.29, 0.717) is 23.5 Å². The molecule has 2 amide bonds. The summed E-state index contributed by atoms with van der Waals surface area (Å²) in [5.74, 6) is -0.334. The van der Waals surface area contributed by atoms with Gasteiger partial charge in [-0.2, -0.15) is 0 Å². The van der Waals surface area contributed by atoms with E-state index in [9.17, 15) is 9.59 Å². The molecule has 0 aliphatic heterocycles. The summed E-state index contributed by atoms with van der Waals surface area (Å²) in [5.41, 5.74) is 1.99. The van der Waals surface area contributed by atoms with Gasteiger partial charge in [-0.1, -0.05) is 29.8 Å². The van der Waals surface area contributed by atoms with E-state index in [-0.39, 0.29) is 29.4 Å². The van der Waals surface area contributed by atoms with Crippen LogP contribution in [0.15, 0.2) is 48.7 Å². The molecule has 0 atom stereocenters. The fourth-order valence-electron chi connectivity index (χ4n) is 2.90. The molecule has 4 rings (SSSR count). The first-order chi connectivity index (χ1) is 13.1. The second-order valence-electron chi connectivity index (χ2n) is 6.62. The monoisotopic (exact) mass is 382 g/mol. The highest BCUT2D eigenvalue weighted by molar-refractivity contribution is 6.30. The maximum atomic E-state index is 12.6. The van der Waals surface area contributed by atoms with Crippen molar-refractivity contribution in [2.24, 2.45) is 0 Å². The number of carbonyl (C=O) groups excluding carboxylic acids is 2. The quantitative estimate of drug-likeness (QED) is 0.688. The Bertz CT molecular complexity index is 993. The molecule has 138 valence electrons. The third kappa shape index (κ3) is 3.95. The summed E-state index contributed by atoms with van der Waals surface area (Å²) in [6.07, 6.45) is 4.41. The molecule has 27 heavy (non-hydrogen) atoms.